The first-order chi connectivity index (χ1) is 14.7. The normalized spacial score (nSPS) is 9.32. The molecule has 0 spiro atoms. The maximum absolute atomic E-state index is 4.91. The second-order valence-electron chi connectivity index (χ2n) is 6.17. The van der Waals surface area contributed by atoms with Gasteiger partial charge < -0.3 is 9.80 Å². The Morgan fingerprint density at radius 1 is 0.935 bits per heavy atom. The standard InChI is InChI=1S/C9H9NS.C5H11NS.C5H9NS.C4H10S2/c1-2-9-10-7-5-3-4-6-8(7)11-9;2*1-4-5(7)6(2)3;1-3-5-6-4-2/h3-6H,2H2,1H3;4H2,1-3H3;2-4H2,1H3;3-4H2,1-2H3/q;;-2;. The van der Waals surface area contributed by atoms with Gasteiger partial charge in [0.15, 0.2) is 0 Å². The molecule has 8 heteroatoms. The van der Waals surface area contributed by atoms with Gasteiger partial charge in [0, 0.05) is 30.6 Å². The molecule has 1 aromatic heterocycles. The molecule has 0 saturated heterocycles. The molecule has 0 aliphatic rings. The van der Waals surface area contributed by atoms with Crippen molar-refractivity contribution in [3.63, 3.8) is 0 Å². The Morgan fingerprint density at radius 3 is 1.74 bits per heavy atom. The predicted octanol–water partition coefficient (Wildman–Crippen LogP) is 8.16. The molecule has 2 aromatic rings. The summed E-state index contributed by atoms with van der Waals surface area (Å²) >= 11 is 11.5. The number of hydrogen-bond acceptors (Lipinski definition) is 6. The van der Waals surface area contributed by atoms with E-state index >= 15 is 0 Å². The van der Waals surface area contributed by atoms with Crippen LogP contribution in [0.2, 0.25) is 0 Å². The van der Waals surface area contributed by atoms with Crippen molar-refractivity contribution < 1.29 is 0 Å². The van der Waals surface area contributed by atoms with E-state index in [0.29, 0.717) is 0 Å². The van der Waals surface area contributed by atoms with Gasteiger partial charge in [-0.25, -0.2) is 4.98 Å². The molecule has 1 heterocycles. The van der Waals surface area contributed by atoms with Gasteiger partial charge in [-0.05, 0) is 31.4 Å². The van der Waals surface area contributed by atoms with E-state index in [1.54, 1.807) is 11.3 Å². The molecule has 31 heavy (non-hydrogen) atoms. The molecular weight excluding hydrogens is 479 g/mol. The molecule has 0 N–H and O–H groups in total. The summed E-state index contributed by atoms with van der Waals surface area (Å²) in [6, 6.07) is 8.26. The minimum atomic E-state index is 0.792. The van der Waals surface area contributed by atoms with Crippen molar-refractivity contribution in [2.75, 3.05) is 25.6 Å². The van der Waals surface area contributed by atoms with Crippen LogP contribution in [0.25, 0.3) is 10.2 Å². The summed E-state index contributed by atoms with van der Waals surface area (Å²) in [7, 11) is 14.8. The lowest BCUT2D eigenvalue weighted by molar-refractivity contribution is 0.622. The third-order valence-electron chi connectivity index (χ3n) is 3.42. The third kappa shape index (κ3) is 17.8. The molecule has 0 aliphatic heterocycles. The molecule has 3 nitrogen and oxygen atoms in total. The lowest BCUT2D eigenvalue weighted by Crippen LogP contribution is -2.17. The first kappa shape index (κ1) is 32.8. The van der Waals surface area contributed by atoms with E-state index in [2.05, 4.69) is 65.0 Å². The van der Waals surface area contributed by atoms with Crippen molar-refractivity contribution in [1.82, 2.24) is 14.8 Å². The number of rotatable bonds is 6. The highest BCUT2D eigenvalue weighted by atomic mass is 33.1. The van der Waals surface area contributed by atoms with E-state index in [-0.39, 0.29) is 0 Å². The van der Waals surface area contributed by atoms with Crippen molar-refractivity contribution in [3.05, 3.63) is 43.4 Å². The topological polar surface area (TPSA) is 19.4 Å². The Labute approximate surface area is 214 Å². The van der Waals surface area contributed by atoms with Crippen molar-refractivity contribution in [2.45, 2.75) is 53.9 Å². The van der Waals surface area contributed by atoms with Crippen LogP contribution in [-0.4, -0.2) is 50.4 Å². The van der Waals surface area contributed by atoms with Crippen molar-refractivity contribution in [2.24, 2.45) is 0 Å². The number of benzene rings is 1. The van der Waals surface area contributed by atoms with Gasteiger partial charge in [0.25, 0.3) is 0 Å². The number of fused-ring (bicyclic) bond motifs is 1. The smallest absolute Gasteiger partial charge is 0.0935 e. The minimum Gasteiger partial charge on any atom is -0.665 e. The fourth-order valence-corrected chi connectivity index (χ4v) is 4.02. The minimum absolute atomic E-state index is 0.792. The molecule has 0 atom stereocenters. The molecule has 0 radical (unpaired) electrons. The zero-order chi connectivity index (χ0) is 24.2. The third-order valence-corrected chi connectivity index (χ3v) is 8.35. The highest BCUT2D eigenvalue weighted by Gasteiger charge is 1.98. The van der Waals surface area contributed by atoms with E-state index in [0.717, 1.165) is 34.8 Å². The maximum Gasteiger partial charge on any atom is 0.0935 e. The number of para-hydroxylation sites is 1. The summed E-state index contributed by atoms with van der Waals surface area (Å²) in [5.74, 6) is 2.47. The SMILES string of the molecule is CCC(=S)N(C)C.CCSSCC.CCc1nc2ccccc2s1.[CH2-]N([CH2-])C(=S)CC. The second-order valence-corrected chi connectivity index (χ2v) is 11.3. The molecule has 0 bridgehead atoms. The summed E-state index contributed by atoms with van der Waals surface area (Å²) in [5, 5.41) is 1.23. The molecule has 0 amide bonds. The van der Waals surface area contributed by atoms with E-state index in [1.165, 1.54) is 26.1 Å². The number of nitrogens with zero attached hydrogens (tertiary/aromatic N) is 3. The lowest BCUT2D eigenvalue weighted by Gasteiger charge is -2.30. The fraction of sp³-hybridized carbons (Fsp3) is 0.522. The first-order valence-electron chi connectivity index (χ1n) is 10.4. The summed E-state index contributed by atoms with van der Waals surface area (Å²) in [5.41, 5.74) is 1.13. The zero-order valence-electron chi connectivity index (χ0n) is 20.1. The fourth-order valence-electron chi connectivity index (χ4n) is 1.78. The van der Waals surface area contributed by atoms with Crippen LogP contribution in [0.3, 0.4) is 0 Å². The molecule has 178 valence electrons. The number of thiazole rings is 1. The van der Waals surface area contributed by atoms with Crippen molar-refractivity contribution >= 4 is 77.6 Å². The van der Waals surface area contributed by atoms with Crippen LogP contribution in [-0.2, 0) is 6.42 Å². The molecule has 0 unspecified atom stereocenters. The average molecular weight is 518 g/mol. The van der Waals surface area contributed by atoms with Gasteiger partial charge in [-0.3, -0.25) is 14.1 Å². The molecule has 0 aliphatic carbocycles. The summed E-state index contributed by atoms with van der Waals surface area (Å²) in [6.07, 6.45) is 2.87. The Hall–Kier alpha value is -0.410. The summed E-state index contributed by atoms with van der Waals surface area (Å²) in [6.45, 7) is 10.5. The van der Waals surface area contributed by atoms with Gasteiger partial charge in [-0.1, -0.05) is 92.8 Å². The maximum atomic E-state index is 4.91. The molecule has 1 aromatic carbocycles. The van der Waals surface area contributed by atoms with Crippen LogP contribution in [0.4, 0.5) is 0 Å². The van der Waals surface area contributed by atoms with Crippen molar-refractivity contribution in [1.29, 1.82) is 0 Å². The van der Waals surface area contributed by atoms with Crippen LogP contribution in [0.15, 0.2) is 24.3 Å². The van der Waals surface area contributed by atoms with Gasteiger partial charge >= 0.3 is 0 Å². The Morgan fingerprint density at radius 2 is 1.45 bits per heavy atom. The highest BCUT2D eigenvalue weighted by Crippen LogP contribution is 2.21. The summed E-state index contributed by atoms with van der Waals surface area (Å²) < 4.78 is 1.30. The van der Waals surface area contributed by atoms with Crippen LogP contribution in [0.1, 0.15) is 52.5 Å². The largest absolute Gasteiger partial charge is 0.665 e. The quantitative estimate of drug-likeness (QED) is 0.164. The van der Waals surface area contributed by atoms with Gasteiger partial charge in [0.1, 0.15) is 0 Å². The zero-order valence-corrected chi connectivity index (χ0v) is 24.2. The Balaban J connectivity index is 0. The van der Waals surface area contributed by atoms with Gasteiger partial charge in [0.05, 0.1) is 20.2 Å². The lowest BCUT2D eigenvalue weighted by atomic mass is 10.3. The average Bonchev–Trinajstić information content (AvgIpc) is 3.21. The van der Waals surface area contributed by atoms with Crippen LogP contribution >= 0.6 is 57.4 Å². The van der Waals surface area contributed by atoms with E-state index in [1.807, 2.05) is 53.6 Å². The van der Waals surface area contributed by atoms with Crippen LogP contribution < -0.4 is 0 Å². The van der Waals surface area contributed by atoms with E-state index in [4.69, 9.17) is 24.4 Å². The highest BCUT2D eigenvalue weighted by molar-refractivity contribution is 8.76. The number of hydrogen-bond donors (Lipinski definition) is 0. The van der Waals surface area contributed by atoms with Gasteiger partial charge in [-0.15, -0.1) is 11.3 Å². The molecule has 2 rings (SSSR count). The van der Waals surface area contributed by atoms with Crippen LogP contribution in [0, 0.1) is 14.1 Å². The van der Waals surface area contributed by atoms with Gasteiger partial charge in [-0.2, -0.15) is 0 Å². The van der Waals surface area contributed by atoms with E-state index in [9.17, 15) is 0 Å². The number of thiocarbonyl (C=S) groups is 2. The van der Waals surface area contributed by atoms with Crippen molar-refractivity contribution in [3.8, 4) is 0 Å². The summed E-state index contributed by atoms with van der Waals surface area (Å²) in [4.78, 5) is 9.66. The predicted molar refractivity (Wildman–Crippen MR) is 157 cm³/mol. The Bertz CT molecular complexity index is 657. The number of aryl methyl sites for hydroxylation is 1. The first-order valence-corrected chi connectivity index (χ1v) is 14.5. The van der Waals surface area contributed by atoms with Gasteiger partial charge in [0.2, 0.25) is 0 Å². The molecule has 0 saturated carbocycles. The molecule has 0 fully saturated rings. The molecular formula is C23H39N3S5-2. The van der Waals surface area contributed by atoms with E-state index < -0.39 is 0 Å². The Kier molecular flexibility index (Phi) is 22.7. The second kappa shape index (κ2) is 21.4. The monoisotopic (exact) mass is 517 g/mol. The number of aromatic nitrogens is 1. The van der Waals surface area contributed by atoms with Crippen LogP contribution in [0.5, 0.6) is 0 Å².